The highest BCUT2D eigenvalue weighted by Gasteiger charge is 2.08. The van der Waals surface area contributed by atoms with Gasteiger partial charge in [0.15, 0.2) is 4.96 Å². The zero-order valence-corrected chi connectivity index (χ0v) is 12.7. The van der Waals surface area contributed by atoms with Crippen molar-refractivity contribution in [1.29, 1.82) is 0 Å². The lowest BCUT2D eigenvalue weighted by Gasteiger charge is -2.13. The quantitative estimate of drug-likeness (QED) is 0.798. The van der Waals surface area contributed by atoms with Gasteiger partial charge in [0.05, 0.1) is 17.9 Å². The predicted molar refractivity (Wildman–Crippen MR) is 85.9 cm³/mol. The summed E-state index contributed by atoms with van der Waals surface area (Å²) >= 11 is 1.67. The number of aromatic nitrogens is 2. The van der Waals surface area contributed by atoms with Gasteiger partial charge < -0.3 is 10.2 Å². The first-order valence-electron chi connectivity index (χ1n) is 6.57. The number of thiazole rings is 1. The average molecular weight is 286 g/mol. The van der Waals surface area contributed by atoms with Crippen LogP contribution in [0.2, 0.25) is 0 Å². The molecule has 2 aromatic heterocycles. The lowest BCUT2D eigenvalue weighted by Crippen LogP contribution is -2.08. The number of anilines is 2. The number of nitrogens with one attached hydrogen (secondary N) is 1. The van der Waals surface area contributed by atoms with Crippen LogP contribution in [0, 0.1) is 6.92 Å². The molecule has 20 heavy (non-hydrogen) atoms. The lowest BCUT2D eigenvalue weighted by molar-refractivity contribution is 0.994. The van der Waals surface area contributed by atoms with Crippen LogP contribution in [0.3, 0.4) is 0 Å². The largest absolute Gasteiger partial charge is 0.379 e. The highest BCUT2D eigenvalue weighted by molar-refractivity contribution is 7.15. The smallest absolute Gasteiger partial charge is 0.194 e. The minimum Gasteiger partial charge on any atom is -0.379 e. The molecule has 0 amide bonds. The third-order valence-corrected chi connectivity index (χ3v) is 4.16. The van der Waals surface area contributed by atoms with Crippen LogP contribution in [-0.4, -0.2) is 23.5 Å². The van der Waals surface area contributed by atoms with Crippen LogP contribution in [-0.2, 0) is 6.54 Å². The van der Waals surface area contributed by atoms with E-state index in [0.717, 1.165) is 22.9 Å². The molecule has 0 aliphatic rings. The summed E-state index contributed by atoms with van der Waals surface area (Å²) < 4.78 is 2.15. The Morgan fingerprint density at radius 2 is 2.00 bits per heavy atom. The molecule has 104 valence electrons. The summed E-state index contributed by atoms with van der Waals surface area (Å²) in [4.78, 5) is 7.71. The molecule has 1 aromatic carbocycles. The van der Waals surface area contributed by atoms with Gasteiger partial charge in [-0.05, 0) is 31.2 Å². The number of nitrogens with zero attached hydrogens (tertiary/aromatic N) is 3. The van der Waals surface area contributed by atoms with E-state index in [4.69, 9.17) is 0 Å². The molecule has 0 spiro atoms. The van der Waals surface area contributed by atoms with Crippen molar-refractivity contribution >= 4 is 27.7 Å². The topological polar surface area (TPSA) is 32.6 Å². The second kappa shape index (κ2) is 5.17. The van der Waals surface area contributed by atoms with Gasteiger partial charge >= 0.3 is 0 Å². The number of rotatable bonds is 4. The van der Waals surface area contributed by atoms with E-state index in [1.807, 2.05) is 14.1 Å². The minimum absolute atomic E-state index is 0.783. The summed E-state index contributed by atoms with van der Waals surface area (Å²) in [6, 6.07) is 8.45. The van der Waals surface area contributed by atoms with Gasteiger partial charge in [0.1, 0.15) is 0 Å². The molecule has 0 bridgehead atoms. The lowest BCUT2D eigenvalue weighted by atomic mass is 10.2. The number of imidazole rings is 1. The number of fused-ring (bicyclic) bond motifs is 1. The molecule has 1 N–H and O–H groups in total. The van der Waals surface area contributed by atoms with Gasteiger partial charge in [0.2, 0.25) is 0 Å². The fourth-order valence-electron chi connectivity index (χ4n) is 2.22. The van der Waals surface area contributed by atoms with E-state index in [1.54, 1.807) is 11.3 Å². The molecule has 3 rings (SSSR count). The van der Waals surface area contributed by atoms with Crippen LogP contribution in [0.4, 0.5) is 11.4 Å². The van der Waals surface area contributed by atoms with Crippen molar-refractivity contribution in [2.45, 2.75) is 13.5 Å². The Kier molecular flexibility index (Phi) is 3.36. The van der Waals surface area contributed by atoms with Gasteiger partial charge in [0.25, 0.3) is 0 Å². The summed E-state index contributed by atoms with van der Waals surface area (Å²) in [5.74, 6) is 0. The second-order valence-corrected chi connectivity index (χ2v) is 5.87. The van der Waals surface area contributed by atoms with Crippen molar-refractivity contribution in [3.63, 3.8) is 0 Å². The Bertz CT molecular complexity index is 709. The van der Waals surface area contributed by atoms with Crippen molar-refractivity contribution in [1.82, 2.24) is 9.38 Å². The molecule has 0 saturated carbocycles. The fourth-order valence-corrected chi connectivity index (χ4v) is 3.00. The first kappa shape index (κ1) is 13.0. The molecule has 0 aliphatic carbocycles. The summed E-state index contributed by atoms with van der Waals surface area (Å²) in [6.07, 6.45) is 2.08. The van der Waals surface area contributed by atoms with E-state index in [0.29, 0.717) is 0 Å². The van der Waals surface area contributed by atoms with E-state index in [-0.39, 0.29) is 0 Å². The monoisotopic (exact) mass is 286 g/mol. The number of hydrogen-bond donors (Lipinski definition) is 1. The highest BCUT2D eigenvalue weighted by Crippen LogP contribution is 2.19. The van der Waals surface area contributed by atoms with Crippen molar-refractivity contribution in [2.24, 2.45) is 0 Å². The summed E-state index contributed by atoms with van der Waals surface area (Å²) in [5.41, 5.74) is 4.64. The molecule has 0 unspecified atom stereocenters. The Labute approximate surface area is 122 Å². The number of aryl methyl sites for hydroxylation is 1. The zero-order chi connectivity index (χ0) is 14.1. The molecule has 5 heteroatoms. The Balaban J connectivity index is 1.76. The maximum Gasteiger partial charge on any atom is 0.194 e. The molecule has 0 aliphatic heterocycles. The average Bonchev–Trinajstić information content (AvgIpc) is 2.98. The van der Waals surface area contributed by atoms with E-state index in [2.05, 4.69) is 62.4 Å². The Morgan fingerprint density at radius 3 is 2.70 bits per heavy atom. The maximum atomic E-state index is 4.56. The van der Waals surface area contributed by atoms with Crippen molar-refractivity contribution in [2.75, 3.05) is 24.3 Å². The van der Waals surface area contributed by atoms with E-state index in [9.17, 15) is 0 Å². The van der Waals surface area contributed by atoms with Crippen LogP contribution in [0.5, 0.6) is 0 Å². The van der Waals surface area contributed by atoms with Gasteiger partial charge in [-0.15, -0.1) is 11.3 Å². The van der Waals surface area contributed by atoms with Crippen LogP contribution in [0.15, 0.2) is 35.8 Å². The Morgan fingerprint density at radius 1 is 1.25 bits per heavy atom. The zero-order valence-electron chi connectivity index (χ0n) is 11.9. The van der Waals surface area contributed by atoms with Gasteiger partial charge in [-0.25, -0.2) is 4.98 Å². The third kappa shape index (κ3) is 2.36. The molecule has 0 fully saturated rings. The fraction of sp³-hybridized carbons (Fsp3) is 0.267. The standard InChI is InChI=1S/C15H18N4S/c1-11-14(19-8-9-20-15(19)17-11)10-16-12-4-6-13(7-5-12)18(2)3/h4-9,16H,10H2,1-3H3. The van der Waals surface area contributed by atoms with E-state index in [1.165, 1.54) is 11.4 Å². The summed E-state index contributed by atoms with van der Waals surface area (Å²) in [7, 11) is 4.09. The molecular formula is C15H18N4S. The molecule has 0 saturated heterocycles. The Hall–Kier alpha value is -2.01. The molecular weight excluding hydrogens is 268 g/mol. The SMILES string of the molecule is Cc1nc2sccn2c1CNc1ccc(N(C)C)cc1. The van der Waals surface area contributed by atoms with Crippen LogP contribution in [0.1, 0.15) is 11.4 Å². The highest BCUT2D eigenvalue weighted by atomic mass is 32.1. The van der Waals surface area contributed by atoms with E-state index >= 15 is 0 Å². The predicted octanol–water partition coefficient (Wildman–Crippen LogP) is 3.38. The molecule has 0 radical (unpaired) electrons. The molecule has 4 nitrogen and oxygen atoms in total. The van der Waals surface area contributed by atoms with Crippen molar-refractivity contribution in [3.8, 4) is 0 Å². The van der Waals surface area contributed by atoms with Gasteiger partial charge in [-0.1, -0.05) is 0 Å². The van der Waals surface area contributed by atoms with Gasteiger partial charge in [0, 0.05) is 37.0 Å². The van der Waals surface area contributed by atoms with Crippen LogP contribution < -0.4 is 10.2 Å². The van der Waals surface area contributed by atoms with Crippen LogP contribution >= 0.6 is 11.3 Å². The minimum atomic E-state index is 0.783. The summed E-state index contributed by atoms with van der Waals surface area (Å²) in [5, 5.41) is 5.53. The van der Waals surface area contributed by atoms with Crippen molar-refractivity contribution in [3.05, 3.63) is 47.2 Å². The second-order valence-electron chi connectivity index (χ2n) is 4.99. The van der Waals surface area contributed by atoms with Crippen molar-refractivity contribution < 1.29 is 0 Å². The number of hydrogen-bond acceptors (Lipinski definition) is 4. The first-order chi connectivity index (χ1) is 9.65. The van der Waals surface area contributed by atoms with Crippen LogP contribution in [0.25, 0.3) is 4.96 Å². The van der Waals surface area contributed by atoms with E-state index < -0.39 is 0 Å². The molecule has 0 atom stereocenters. The molecule has 3 aromatic rings. The third-order valence-electron chi connectivity index (χ3n) is 3.40. The normalized spacial score (nSPS) is 10.9. The van der Waals surface area contributed by atoms with Gasteiger partial charge in [-0.3, -0.25) is 4.40 Å². The first-order valence-corrected chi connectivity index (χ1v) is 7.45. The maximum absolute atomic E-state index is 4.56. The number of benzene rings is 1. The van der Waals surface area contributed by atoms with Gasteiger partial charge in [-0.2, -0.15) is 0 Å². The summed E-state index contributed by atoms with van der Waals surface area (Å²) in [6.45, 7) is 2.84. The molecule has 2 heterocycles.